The molecule has 1 aliphatic heterocycles. The Bertz CT molecular complexity index is 724. The van der Waals surface area contributed by atoms with Gasteiger partial charge < -0.3 is 28.8 Å². The summed E-state index contributed by atoms with van der Waals surface area (Å²) in [6, 6.07) is 0. The molecule has 1 aliphatic rings. The van der Waals surface area contributed by atoms with Crippen molar-refractivity contribution < 1.29 is 48.0 Å². The molecule has 0 bridgehead atoms. The van der Waals surface area contributed by atoms with Crippen LogP contribution in [-0.4, -0.2) is 66.3 Å². The van der Waals surface area contributed by atoms with Gasteiger partial charge in [-0.05, 0) is 17.8 Å². The fourth-order valence-corrected chi connectivity index (χ4v) is 3.52. The number of carbonyl (C=O) groups excluding carboxylic acids is 4. The van der Waals surface area contributed by atoms with E-state index in [1.165, 1.54) is 6.92 Å². The number of hydrogen-bond donors (Lipinski definition) is 1. The van der Waals surface area contributed by atoms with Crippen LogP contribution in [0.5, 0.6) is 0 Å². The summed E-state index contributed by atoms with van der Waals surface area (Å²) in [6.45, 7) is 12.3. The lowest BCUT2D eigenvalue weighted by atomic mass is 9.97. The van der Waals surface area contributed by atoms with E-state index in [1.54, 1.807) is 0 Å². The Morgan fingerprint density at radius 3 is 1.50 bits per heavy atom. The number of hydrogen-bond acceptors (Lipinski definition) is 10. The summed E-state index contributed by atoms with van der Waals surface area (Å²) in [6.07, 6.45) is -4.41. The molecule has 208 valence electrons. The van der Waals surface area contributed by atoms with Crippen LogP contribution in [0.15, 0.2) is 0 Å². The minimum absolute atomic E-state index is 0.0249. The summed E-state index contributed by atoms with van der Waals surface area (Å²) in [7, 11) is 0. The maximum absolute atomic E-state index is 12.8. The van der Waals surface area contributed by atoms with Gasteiger partial charge in [-0.3, -0.25) is 19.2 Å². The lowest BCUT2D eigenvalue weighted by molar-refractivity contribution is -0.297. The molecule has 1 rings (SSSR count). The standard InChI is InChI=1S/C26H44O10/c1-8-15(4)11-20(28)34-23-19(14-32-18(7)27)33-26(31)25(36-22(30)13-17(6)10-3)24(23)35-21(29)12-16(5)9-2/h15-17,19,23-26,31H,8-14H2,1-7H3. The maximum atomic E-state index is 12.8. The molecule has 0 amide bonds. The zero-order valence-corrected chi connectivity index (χ0v) is 22.7. The van der Waals surface area contributed by atoms with E-state index >= 15 is 0 Å². The van der Waals surface area contributed by atoms with Crippen LogP contribution in [0, 0.1) is 17.8 Å². The Kier molecular flexibility index (Phi) is 14.0. The summed E-state index contributed by atoms with van der Waals surface area (Å²) in [5, 5.41) is 10.7. The quantitative estimate of drug-likeness (QED) is 0.271. The molecule has 1 fully saturated rings. The Balaban J connectivity index is 3.30. The number of carbonyl (C=O) groups is 4. The third-order valence-electron chi connectivity index (χ3n) is 6.50. The van der Waals surface area contributed by atoms with E-state index < -0.39 is 54.6 Å². The van der Waals surface area contributed by atoms with Crippen molar-refractivity contribution in [2.45, 2.75) is 118 Å². The first-order chi connectivity index (χ1) is 16.9. The van der Waals surface area contributed by atoms with Gasteiger partial charge in [0.1, 0.15) is 12.7 Å². The van der Waals surface area contributed by atoms with Gasteiger partial charge >= 0.3 is 23.9 Å². The van der Waals surface area contributed by atoms with E-state index in [4.69, 9.17) is 23.7 Å². The zero-order valence-electron chi connectivity index (χ0n) is 22.7. The van der Waals surface area contributed by atoms with Gasteiger partial charge in [-0.1, -0.05) is 60.8 Å². The number of aliphatic hydroxyl groups is 1. The fourth-order valence-electron chi connectivity index (χ4n) is 3.52. The second-order valence-corrected chi connectivity index (χ2v) is 9.88. The SMILES string of the molecule is CCC(C)CC(=O)OC1C(O)OC(COC(C)=O)C(OC(=O)CC(C)CC)C1OC(=O)CC(C)CC. The lowest BCUT2D eigenvalue weighted by Crippen LogP contribution is -2.62. The normalized spacial score (nSPS) is 26.3. The highest BCUT2D eigenvalue weighted by atomic mass is 16.7. The molecule has 0 spiro atoms. The van der Waals surface area contributed by atoms with Gasteiger partial charge in [-0.15, -0.1) is 0 Å². The molecule has 1 saturated heterocycles. The van der Waals surface area contributed by atoms with Crippen molar-refractivity contribution in [3.8, 4) is 0 Å². The van der Waals surface area contributed by atoms with Crippen LogP contribution in [0.4, 0.5) is 0 Å². The van der Waals surface area contributed by atoms with Gasteiger partial charge in [0.15, 0.2) is 24.6 Å². The predicted molar refractivity (Wildman–Crippen MR) is 129 cm³/mol. The molecule has 0 radical (unpaired) electrons. The molecular weight excluding hydrogens is 472 g/mol. The summed E-state index contributed by atoms with van der Waals surface area (Å²) in [4.78, 5) is 49.5. The van der Waals surface area contributed by atoms with Crippen LogP contribution in [0.1, 0.15) is 87.0 Å². The molecule has 10 nitrogen and oxygen atoms in total. The first-order valence-electron chi connectivity index (χ1n) is 13.0. The first-order valence-corrected chi connectivity index (χ1v) is 13.0. The number of rotatable bonds is 14. The monoisotopic (exact) mass is 516 g/mol. The van der Waals surface area contributed by atoms with Crippen molar-refractivity contribution >= 4 is 23.9 Å². The van der Waals surface area contributed by atoms with Crippen molar-refractivity contribution in [1.29, 1.82) is 0 Å². The van der Waals surface area contributed by atoms with Crippen LogP contribution < -0.4 is 0 Å². The van der Waals surface area contributed by atoms with Crippen molar-refractivity contribution in [2.75, 3.05) is 6.61 Å². The van der Waals surface area contributed by atoms with E-state index in [9.17, 15) is 24.3 Å². The molecule has 36 heavy (non-hydrogen) atoms. The van der Waals surface area contributed by atoms with Crippen LogP contribution >= 0.6 is 0 Å². The summed E-state index contributed by atoms with van der Waals surface area (Å²) >= 11 is 0. The summed E-state index contributed by atoms with van der Waals surface area (Å²) < 4.78 is 27.5. The molecule has 0 aromatic carbocycles. The molecule has 0 aromatic rings. The van der Waals surface area contributed by atoms with Crippen LogP contribution in [0.3, 0.4) is 0 Å². The van der Waals surface area contributed by atoms with Crippen molar-refractivity contribution in [2.24, 2.45) is 17.8 Å². The molecule has 8 atom stereocenters. The third kappa shape index (κ3) is 10.8. The molecule has 1 heterocycles. The lowest BCUT2D eigenvalue weighted by Gasteiger charge is -2.43. The Morgan fingerprint density at radius 1 is 0.722 bits per heavy atom. The Hall–Kier alpha value is -2.20. The van der Waals surface area contributed by atoms with Gasteiger partial charge in [-0.2, -0.15) is 0 Å². The Morgan fingerprint density at radius 2 is 1.11 bits per heavy atom. The second-order valence-electron chi connectivity index (χ2n) is 9.88. The molecule has 10 heteroatoms. The highest BCUT2D eigenvalue weighted by Gasteiger charge is 2.52. The van der Waals surface area contributed by atoms with E-state index in [-0.39, 0.29) is 43.6 Å². The van der Waals surface area contributed by atoms with E-state index in [2.05, 4.69) is 0 Å². The summed E-state index contributed by atoms with van der Waals surface area (Å²) in [5.74, 6) is -2.29. The zero-order chi connectivity index (χ0) is 27.4. The largest absolute Gasteiger partial charge is 0.463 e. The smallest absolute Gasteiger partial charge is 0.306 e. The highest BCUT2D eigenvalue weighted by molar-refractivity contribution is 5.72. The molecule has 1 N–H and O–H groups in total. The Labute approximate surface area is 214 Å². The maximum Gasteiger partial charge on any atom is 0.306 e. The predicted octanol–water partition coefficient (Wildman–Crippen LogP) is 3.31. The minimum atomic E-state index is -1.70. The molecule has 8 unspecified atom stereocenters. The number of esters is 4. The summed E-state index contributed by atoms with van der Waals surface area (Å²) in [5.41, 5.74) is 0. The molecule has 0 aromatic heterocycles. The van der Waals surface area contributed by atoms with Gasteiger partial charge in [0, 0.05) is 26.2 Å². The van der Waals surface area contributed by atoms with E-state index in [0.717, 1.165) is 19.3 Å². The van der Waals surface area contributed by atoms with Crippen LogP contribution in [0.2, 0.25) is 0 Å². The average Bonchev–Trinajstić information content (AvgIpc) is 2.81. The van der Waals surface area contributed by atoms with Gasteiger partial charge in [-0.25, -0.2) is 0 Å². The molecule has 0 aliphatic carbocycles. The van der Waals surface area contributed by atoms with E-state index in [1.807, 2.05) is 41.5 Å². The number of aliphatic hydroxyl groups excluding tert-OH is 1. The van der Waals surface area contributed by atoms with Crippen LogP contribution in [-0.2, 0) is 42.9 Å². The molecule has 0 saturated carbocycles. The fraction of sp³-hybridized carbons (Fsp3) is 0.846. The van der Waals surface area contributed by atoms with E-state index in [0.29, 0.717) is 0 Å². The highest BCUT2D eigenvalue weighted by Crippen LogP contribution is 2.30. The third-order valence-corrected chi connectivity index (χ3v) is 6.50. The van der Waals surface area contributed by atoms with Crippen molar-refractivity contribution in [3.63, 3.8) is 0 Å². The van der Waals surface area contributed by atoms with Crippen molar-refractivity contribution in [3.05, 3.63) is 0 Å². The van der Waals surface area contributed by atoms with Crippen molar-refractivity contribution in [1.82, 2.24) is 0 Å². The number of ether oxygens (including phenoxy) is 5. The van der Waals surface area contributed by atoms with Crippen LogP contribution in [0.25, 0.3) is 0 Å². The average molecular weight is 517 g/mol. The van der Waals surface area contributed by atoms with Gasteiger partial charge in [0.05, 0.1) is 0 Å². The second kappa shape index (κ2) is 15.8. The minimum Gasteiger partial charge on any atom is -0.463 e. The topological polar surface area (TPSA) is 135 Å². The first kappa shape index (κ1) is 31.8. The van der Waals surface area contributed by atoms with Gasteiger partial charge in [0.2, 0.25) is 0 Å². The molecular formula is C26H44O10. The van der Waals surface area contributed by atoms with Gasteiger partial charge in [0.25, 0.3) is 0 Å².